The highest BCUT2D eigenvalue weighted by Gasteiger charge is 2.23. The number of carbonyl (C=O) groups excluding carboxylic acids is 1. The third kappa shape index (κ3) is 4.72. The molecule has 1 aromatic rings. The predicted octanol–water partition coefficient (Wildman–Crippen LogP) is 0.617. The van der Waals surface area contributed by atoms with Crippen molar-refractivity contribution in [1.82, 2.24) is 9.80 Å². The molecule has 1 aromatic carbocycles. The first-order valence-electron chi connectivity index (χ1n) is 7.90. The first kappa shape index (κ1) is 17.8. The minimum Gasteiger partial charge on any atom is -0.497 e. The molecule has 1 fully saturated rings. The van der Waals surface area contributed by atoms with Crippen molar-refractivity contribution in [3.63, 3.8) is 0 Å². The summed E-state index contributed by atoms with van der Waals surface area (Å²) in [7, 11) is 1.60. The first-order valence-corrected chi connectivity index (χ1v) is 7.90. The lowest BCUT2D eigenvalue weighted by atomic mass is 10.2. The maximum Gasteiger partial charge on any atom is 0.266 e. The van der Waals surface area contributed by atoms with Crippen molar-refractivity contribution < 1.29 is 9.53 Å². The Labute approximate surface area is 142 Å². The first-order chi connectivity index (χ1) is 11.7. The number of rotatable bonds is 6. The largest absolute Gasteiger partial charge is 0.497 e. The van der Waals surface area contributed by atoms with E-state index < -0.39 is 0 Å². The van der Waals surface area contributed by atoms with Crippen molar-refractivity contribution in [1.29, 1.82) is 5.26 Å². The molecule has 1 heterocycles. The van der Waals surface area contributed by atoms with Gasteiger partial charge in [-0.15, -0.1) is 0 Å². The molecule has 7 nitrogen and oxygen atoms in total. The molecule has 1 aliphatic rings. The Bertz CT molecular complexity index is 613. The van der Waals surface area contributed by atoms with Crippen LogP contribution in [0.4, 0.5) is 5.69 Å². The fraction of sp³-hybridized carbons (Fsp3) is 0.412. The number of methoxy groups -OCH3 is 1. The third-order valence-electron chi connectivity index (χ3n) is 3.93. The Morgan fingerprint density at radius 1 is 1.33 bits per heavy atom. The maximum absolute atomic E-state index is 12.4. The molecule has 0 unspecified atom stereocenters. The standard InChI is InChI=1S/C17H23N5O2/c1-24-16-4-2-15(3-5-16)20-13-14(12-19)17(23)22-10-8-21(7-6-18)9-11-22/h2-5,13,20H,6-11,18H2,1H3/b14-13-. The van der Waals surface area contributed by atoms with Gasteiger partial charge in [0.2, 0.25) is 0 Å². The molecule has 0 aromatic heterocycles. The van der Waals surface area contributed by atoms with E-state index in [4.69, 9.17) is 10.5 Å². The van der Waals surface area contributed by atoms with Crippen molar-refractivity contribution in [2.75, 3.05) is 51.7 Å². The summed E-state index contributed by atoms with van der Waals surface area (Å²) >= 11 is 0. The van der Waals surface area contributed by atoms with Crippen LogP contribution in [-0.2, 0) is 4.79 Å². The van der Waals surface area contributed by atoms with Gasteiger partial charge in [0.15, 0.2) is 0 Å². The Kier molecular flexibility index (Phi) is 6.61. The zero-order chi connectivity index (χ0) is 17.4. The van der Waals surface area contributed by atoms with Crippen LogP contribution in [0.3, 0.4) is 0 Å². The fourth-order valence-electron chi connectivity index (χ4n) is 2.51. The molecule has 0 spiro atoms. The highest BCUT2D eigenvalue weighted by Crippen LogP contribution is 2.15. The lowest BCUT2D eigenvalue weighted by Gasteiger charge is -2.34. The minimum absolute atomic E-state index is 0.0955. The summed E-state index contributed by atoms with van der Waals surface area (Å²) < 4.78 is 5.09. The molecule has 3 N–H and O–H groups in total. The molecular formula is C17H23N5O2. The molecule has 7 heteroatoms. The maximum atomic E-state index is 12.4. The quantitative estimate of drug-likeness (QED) is 0.587. The van der Waals surface area contributed by atoms with Gasteiger partial charge >= 0.3 is 0 Å². The van der Waals surface area contributed by atoms with E-state index in [1.165, 1.54) is 6.20 Å². The monoisotopic (exact) mass is 329 g/mol. The number of hydrogen-bond donors (Lipinski definition) is 2. The van der Waals surface area contributed by atoms with Gasteiger partial charge in [0.1, 0.15) is 17.4 Å². The van der Waals surface area contributed by atoms with Gasteiger partial charge in [0, 0.05) is 51.2 Å². The molecule has 1 aliphatic heterocycles. The zero-order valence-electron chi connectivity index (χ0n) is 13.9. The summed E-state index contributed by atoms with van der Waals surface area (Å²) in [6.45, 7) is 4.24. The highest BCUT2D eigenvalue weighted by atomic mass is 16.5. The van der Waals surface area contributed by atoms with E-state index in [0.29, 0.717) is 19.6 Å². The molecule has 1 saturated heterocycles. The second-order valence-corrected chi connectivity index (χ2v) is 5.47. The number of benzene rings is 1. The molecular weight excluding hydrogens is 306 g/mol. The van der Waals surface area contributed by atoms with Crippen LogP contribution in [-0.4, -0.2) is 62.1 Å². The van der Waals surface area contributed by atoms with E-state index in [2.05, 4.69) is 10.2 Å². The van der Waals surface area contributed by atoms with Crippen LogP contribution in [0.15, 0.2) is 36.0 Å². The lowest BCUT2D eigenvalue weighted by molar-refractivity contribution is -0.128. The molecule has 1 amide bonds. The summed E-state index contributed by atoms with van der Waals surface area (Å²) in [5.41, 5.74) is 6.42. The van der Waals surface area contributed by atoms with Gasteiger partial charge in [0.25, 0.3) is 5.91 Å². The van der Waals surface area contributed by atoms with Crippen molar-refractivity contribution in [2.45, 2.75) is 0 Å². The van der Waals surface area contributed by atoms with E-state index in [9.17, 15) is 10.1 Å². The summed E-state index contributed by atoms with van der Waals surface area (Å²) in [6, 6.07) is 9.23. The summed E-state index contributed by atoms with van der Waals surface area (Å²) in [5.74, 6) is 0.502. The van der Waals surface area contributed by atoms with Gasteiger partial charge < -0.3 is 20.7 Å². The average Bonchev–Trinajstić information content (AvgIpc) is 2.63. The SMILES string of the molecule is COc1ccc(N/C=C(/C#N)C(=O)N2CCN(CCN)CC2)cc1. The number of nitrogens with two attached hydrogens (primary N) is 1. The van der Waals surface area contributed by atoms with E-state index >= 15 is 0 Å². The fourth-order valence-corrected chi connectivity index (χ4v) is 2.51. The van der Waals surface area contributed by atoms with Crippen molar-refractivity contribution >= 4 is 11.6 Å². The summed E-state index contributed by atoms with van der Waals surface area (Å²) in [5, 5.41) is 12.3. The molecule has 0 bridgehead atoms. The van der Waals surface area contributed by atoms with Crippen molar-refractivity contribution in [3.05, 3.63) is 36.0 Å². The van der Waals surface area contributed by atoms with Crippen LogP contribution < -0.4 is 15.8 Å². The number of piperazine rings is 1. The van der Waals surface area contributed by atoms with Crippen LogP contribution in [0.2, 0.25) is 0 Å². The number of ether oxygens (including phenoxy) is 1. The number of hydrogen-bond acceptors (Lipinski definition) is 6. The predicted molar refractivity (Wildman–Crippen MR) is 92.4 cm³/mol. The minimum atomic E-state index is -0.245. The number of amides is 1. The Morgan fingerprint density at radius 2 is 2.00 bits per heavy atom. The lowest BCUT2D eigenvalue weighted by Crippen LogP contribution is -2.50. The van der Waals surface area contributed by atoms with Crippen LogP contribution in [0, 0.1) is 11.3 Å². The number of nitrogens with zero attached hydrogens (tertiary/aromatic N) is 3. The van der Waals surface area contributed by atoms with Crippen molar-refractivity contribution in [2.24, 2.45) is 5.73 Å². The molecule has 0 atom stereocenters. The smallest absolute Gasteiger partial charge is 0.266 e. The third-order valence-corrected chi connectivity index (χ3v) is 3.93. The van der Waals surface area contributed by atoms with Gasteiger partial charge in [-0.3, -0.25) is 9.69 Å². The Balaban J connectivity index is 1.94. The highest BCUT2D eigenvalue weighted by molar-refractivity contribution is 5.97. The second-order valence-electron chi connectivity index (χ2n) is 5.47. The molecule has 0 radical (unpaired) electrons. The van der Waals surface area contributed by atoms with Gasteiger partial charge in [-0.05, 0) is 24.3 Å². The molecule has 2 rings (SSSR count). The zero-order valence-corrected chi connectivity index (χ0v) is 13.9. The van der Waals surface area contributed by atoms with Gasteiger partial charge in [-0.25, -0.2) is 0 Å². The molecule has 24 heavy (non-hydrogen) atoms. The second kappa shape index (κ2) is 8.91. The number of anilines is 1. The van der Waals surface area contributed by atoms with Crippen LogP contribution >= 0.6 is 0 Å². The van der Waals surface area contributed by atoms with E-state index in [0.717, 1.165) is 31.1 Å². The molecule has 0 saturated carbocycles. The van der Waals surface area contributed by atoms with Gasteiger partial charge in [-0.1, -0.05) is 0 Å². The van der Waals surface area contributed by atoms with Gasteiger partial charge in [-0.2, -0.15) is 5.26 Å². The van der Waals surface area contributed by atoms with E-state index in [1.54, 1.807) is 24.1 Å². The van der Waals surface area contributed by atoms with Crippen LogP contribution in [0.25, 0.3) is 0 Å². The normalized spacial score (nSPS) is 15.7. The number of nitrogens with one attached hydrogen (secondary N) is 1. The number of carbonyl (C=O) groups is 1. The molecule has 128 valence electrons. The van der Waals surface area contributed by atoms with E-state index in [-0.39, 0.29) is 11.5 Å². The van der Waals surface area contributed by atoms with E-state index in [1.807, 2.05) is 18.2 Å². The molecule has 0 aliphatic carbocycles. The van der Waals surface area contributed by atoms with Gasteiger partial charge in [0.05, 0.1) is 7.11 Å². The summed E-state index contributed by atoms with van der Waals surface area (Å²) in [6.07, 6.45) is 1.45. The van der Waals surface area contributed by atoms with Crippen LogP contribution in [0.1, 0.15) is 0 Å². The Hall–Kier alpha value is -2.56. The average molecular weight is 329 g/mol. The van der Waals surface area contributed by atoms with Crippen LogP contribution in [0.5, 0.6) is 5.75 Å². The topological polar surface area (TPSA) is 94.6 Å². The summed E-state index contributed by atoms with van der Waals surface area (Å²) in [4.78, 5) is 16.4. The van der Waals surface area contributed by atoms with Crippen molar-refractivity contribution in [3.8, 4) is 11.8 Å². The number of nitriles is 1. The Morgan fingerprint density at radius 3 is 2.54 bits per heavy atom.